The van der Waals surface area contributed by atoms with E-state index in [1.807, 2.05) is 18.2 Å². The molecular formula is C21H22N5O3U-. The van der Waals surface area contributed by atoms with Gasteiger partial charge in [0.1, 0.15) is 12.4 Å². The number of fused-ring (bicyclic) bond motifs is 3. The summed E-state index contributed by atoms with van der Waals surface area (Å²) in [6.07, 6.45) is 3.22. The van der Waals surface area contributed by atoms with E-state index in [0.29, 0.717) is 23.5 Å². The molecule has 9 heteroatoms. The molecule has 0 radical (unpaired) electrons. The predicted octanol–water partition coefficient (Wildman–Crippen LogP) is 1.43. The fraction of sp³-hybridized carbons (Fsp3) is 0.381. The van der Waals surface area contributed by atoms with E-state index in [-0.39, 0.29) is 42.7 Å². The number of H-pyrrole nitrogens is 1. The van der Waals surface area contributed by atoms with Crippen molar-refractivity contribution < 1.29 is 40.6 Å². The van der Waals surface area contributed by atoms with Gasteiger partial charge >= 0.3 is 5.69 Å². The number of hydrogen-bond acceptors (Lipinski definition) is 5. The summed E-state index contributed by atoms with van der Waals surface area (Å²) >= 11 is 0. The van der Waals surface area contributed by atoms with E-state index in [1.165, 1.54) is 4.57 Å². The van der Waals surface area contributed by atoms with Gasteiger partial charge in [-0.3, -0.25) is 14.3 Å². The Kier molecular flexibility index (Phi) is 5.80. The van der Waals surface area contributed by atoms with Crippen LogP contribution in [0.4, 0.5) is 5.69 Å². The van der Waals surface area contributed by atoms with Crippen molar-refractivity contribution in [2.24, 2.45) is 7.05 Å². The number of rotatable bonds is 4. The molecule has 0 aliphatic carbocycles. The zero-order chi connectivity index (χ0) is 20.0. The Morgan fingerprint density at radius 2 is 2.10 bits per heavy atom. The number of benzene rings is 1. The Hall–Kier alpha value is -2.08. The monoisotopic (exact) mass is 630 g/mol. The van der Waals surface area contributed by atoms with Crippen molar-refractivity contribution >= 4 is 22.8 Å². The Balaban J connectivity index is 0.00000218. The summed E-state index contributed by atoms with van der Waals surface area (Å²) < 4.78 is 7.31. The molecule has 4 heterocycles. The first kappa shape index (κ1) is 21.2. The molecule has 1 aromatic carbocycles. The number of carbonyl (C=O) groups excluding carboxylic acids is 1. The smallest absolute Gasteiger partial charge is 0.327 e. The molecule has 30 heavy (non-hydrogen) atoms. The van der Waals surface area contributed by atoms with Crippen LogP contribution in [0.1, 0.15) is 18.4 Å². The number of anilines is 1. The number of ether oxygens (including phenoxy) is 1. The maximum absolute atomic E-state index is 12.6. The van der Waals surface area contributed by atoms with Gasteiger partial charge in [-0.1, -0.05) is 5.69 Å². The second-order valence-electron chi connectivity index (χ2n) is 7.73. The Morgan fingerprint density at radius 1 is 1.30 bits per heavy atom. The molecule has 1 amide bonds. The van der Waals surface area contributed by atoms with Crippen molar-refractivity contribution in [3.8, 4) is 5.75 Å². The molecule has 2 N–H and O–H groups in total. The van der Waals surface area contributed by atoms with E-state index in [4.69, 9.17) is 4.74 Å². The predicted molar refractivity (Wildman–Crippen MR) is 108 cm³/mol. The van der Waals surface area contributed by atoms with E-state index >= 15 is 0 Å². The molecule has 2 aromatic heterocycles. The molecule has 1 fully saturated rings. The summed E-state index contributed by atoms with van der Waals surface area (Å²) in [5.74, 6) is 0.742. The van der Waals surface area contributed by atoms with Crippen molar-refractivity contribution in [3.05, 3.63) is 52.6 Å². The van der Waals surface area contributed by atoms with Gasteiger partial charge in [0.05, 0.1) is 11.7 Å². The number of amides is 1. The average Bonchev–Trinajstić information content (AvgIpc) is 3.17. The summed E-state index contributed by atoms with van der Waals surface area (Å²) in [6.45, 7) is 2.98. The third kappa shape index (κ3) is 3.49. The molecular weight excluding hydrogens is 608 g/mol. The van der Waals surface area contributed by atoms with Crippen LogP contribution in [0.25, 0.3) is 11.2 Å². The van der Waals surface area contributed by atoms with Crippen LogP contribution < -0.4 is 15.7 Å². The van der Waals surface area contributed by atoms with Gasteiger partial charge in [-0.05, 0) is 25.9 Å². The molecule has 0 atom stereocenters. The number of pyridine rings is 1. The molecule has 1 spiro atoms. The van der Waals surface area contributed by atoms with E-state index < -0.39 is 5.41 Å². The summed E-state index contributed by atoms with van der Waals surface area (Å²) in [6, 6.07) is 10.6. The van der Waals surface area contributed by atoms with Gasteiger partial charge in [0.25, 0.3) is 0 Å². The normalized spacial score (nSPS) is 17.6. The number of carbonyl (C=O) groups is 1. The molecule has 5 rings (SSSR count). The fourth-order valence-corrected chi connectivity index (χ4v) is 4.42. The maximum atomic E-state index is 12.6. The van der Waals surface area contributed by atoms with Crippen LogP contribution in [-0.2, 0) is 17.3 Å². The summed E-state index contributed by atoms with van der Waals surface area (Å²) in [7, 11) is 1.68. The molecule has 1 saturated heterocycles. The Bertz CT molecular complexity index is 1150. The number of aromatic nitrogens is 3. The zero-order valence-corrected chi connectivity index (χ0v) is 20.9. The van der Waals surface area contributed by atoms with E-state index in [2.05, 4.69) is 26.3 Å². The third-order valence-corrected chi connectivity index (χ3v) is 6.15. The molecule has 154 valence electrons. The largest absolute Gasteiger partial charge is 0.491 e. The van der Waals surface area contributed by atoms with Crippen molar-refractivity contribution in [2.45, 2.75) is 18.3 Å². The SMILES string of the molecule is Cn1c(=O)[nH]c2cc(OCCN3CCC4(CC3)C(=O)Nc3cc[c-]cc34)cnc21.[U]. The summed E-state index contributed by atoms with van der Waals surface area (Å²) in [5, 5.41) is 3.02. The molecule has 3 aromatic rings. The van der Waals surface area contributed by atoms with Crippen LogP contribution in [0, 0.1) is 37.2 Å². The zero-order valence-electron chi connectivity index (χ0n) is 16.7. The van der Waals surface area contributed by atoms with Crippen molar-refractivity contribution in [1.29, 1.82) is 0 Å². The minimum atomic E-state index is -0.418. The van der Waals surface area contributed by atoms with Gasteiger partial charge < -0.3 is 15.0 Å². The first-order valence-corrected chi connectivity index (χ1v) is 9.79. The summed E-state index contributed by atoms with van der Waals surface area (Å²) in [4.78, 5) is 33.7. The summed E-state index contributed by atoms with van der Waals surface area (Å²) in [5.41, 5.74) is 2.67. The van der Waals surface area contributed by atoms with Crippen molar-refractivity contribution in [3.63, 3.8) is 0 Å². The third-order valence-electron chi connectivity index (χ3n) is 6.15. The first-order valence-electron chi connectivity index (χ1n) is 9.79. The molecule has 0 unspecified atom stereocenters. The minimum Gasteiger partial charge on any atom is -0.491 e. The number of nitrogens with zero attached hydrogens (tertiary/aromatic N) is 3. The number of likely N-dealkylation sites (tertiary alicyclic amines) is 1. The second kappa shape index (κ2) is 8.22. The quantitative estimate of drug-likeness (QED) is 0.426. The van der Waals surface area contributed by atoms with Gasteiger partial charge in [0, 0.05) is 56.2 Å². The van der Waals surface area contributed by atoms with Crippen LogP contribution >= 0.6 is 0 Å². The average molecular weight is 630 g/mol. The van der Waals surface area contributed by atoms with Gasteiger partial charge in [-0.25, -0.2) is 9.78 Å². The van der Waals surface area contributed by atoms with E-state index in [9.17, 15) is 9.59 Å². The van der Waals surface area contributed by atoms with E-state index in [1.54, 1.807) is 19.3 Å². The number of aromatic amines is 1. The van der Waals surface area contributed by atoms with Gasteiger partial charge in [-0.2, -0.15) is 18.2 Å². The van der Waals surface area contributed by atoms with Crippen LogP contribution in [0.2, 0.25) is 0 Å². The molecule has 0 saturated carbocycles. The standard InChI is InChI=1S/C21H22N5O3.U/c1-25-18-17(24-20(25)28)12-14(13-22-18)29-11-10-26-8-6-21(7-9-26)15-4-2-3-5-16(15)23-19(21)27;/h3-5,12-13H,6-11H2,1H3,(H,23,27)(H,24,28);/q-1;. The minimum absolute atomic E-state index is 0. The van der Waals surface area contributed by atoms with Crippen LogP contribution in [0.3, 0.4) is 0 Å². The first-order chi connectivity index (χ1) is 14.1. The van der Waals surface area contributed by atoms with Crippen LogP contribution in [0.15, 0.2) is 35.3 Å². The van der Waals surface area contributed by atoms with Crippen LogP contribution in [-0.4, -0.2) is 51.6 Å². The Morgan fingerprint density at radius 3 is 2.90 bits per heavy atom. The number of imidazole rings is 1. The fourth-order valence-electron chi connectivity index (χ4n) is 4.42. The maximum Gasteiger partial charge on any atom is 0.327 e. The number of piperidine rings is 1. The van der Waals surface area contributed by atoms with Gasteiger partial charge in [0.2, 0.25) is 5.91 Å². The number of aryl methyl sites for hydroxylation is 1. The van der Waals surface area contributed by atoms with E-state index in [0.717, 1.165) is 43.7 Å². The Labute approximate surface area is 197 Å². The van der Waals surface area contributed by atoms with Crippen molar-refractivity contribution in [2.75, 3.05) is 31.6 Å². The van der Waals surface area contributed by atoms with Crippen molar-refractivity contribution in [1.82, 2.24) is 19.4 Å². The van der Waals surface area contributed by atoms with Crippen LogP contribution in [0.5, 0.6) is 5.75 Å². The number of hydrogen-bond donors (Lipinski definition) is 2. The second-order valence-corrected chi connectivity index (χ2v) is 7.73. The van der Waals surface area contributed by atoms with Gasteiger partial charge in [0.15, 0.2) is 5.65 Å². The topological polar surface area (TPSA) is 92.2 Å². The van der Waals surface area contributed by atoms with Gasteiger partial charge in [-0.15, -0.1) is 11.6 Å². The molecule has 0 bridgehead atoms. The number of nitrogens with one attached hydrogen (secondary N) is 2. The molecule has 2 aliphatic rings. The molecule has 2 aliphatic heterocycles. The molecule has 8 nitrogen and oxygen atoms in total.